The van der Waals surface area contributed by atoms with E-state index in [1.165, 1.54) is 0 Å². The van der Waals surface area contributed by atoms with Gasteiger partial charge in [-0.1, -0.05) is 12.1 Å². The molecule has 4 rings (SSSR count). The van der Waals surface area contributed by atoms with Gasteiger partial charge in [-0.25, -0.2) is 0 Å². The quantitative estimate of drug-likeness (QED) is 0.500. The molecule has 144 valence electrons. The van der Waals surface area contributed by atoms with E-state index < -0.39 is 0 Å². The number of carbonyl (C=O) groups is 1. The number of rotatable bonds is 6. The lowest BCUT2D eigenvalue weighted by molar-refractivity contribution is 0.0978. The maximum absolute atomic E-state index is 12.6. The van der Waals surface area contributed by atoms with Gasteiger partial charge in [0.05, 0.1) is 11.4 Å². The highest BCUT2D eigenvalue weighted by Crippen LogP contribution is 2.22. The third kappa shape index (κ3) is 4.27. The lowest BCUT2D eigenvalue weighted by Crippen LogP contribution is -2.02. The Hall–Kier alpha value is -3.67. The van der Waals surface area contributed by atoms with Crippen LogP contribution in [0.3, 0.4) is 0 Å². The van der Waals surface area contributed by atoms with Gasteiger partial charge in [-0.2, -0.15) is 5.10 Å². The predicted octanol–water partition coefficient (Wildman–Crippen LogP) is 4.36. The Morgan fingerprint density at radius 3 is 2.62 bits per heavy atom. The van der Waals surface area contributed by atoms with Crippen LogP contribution in [0.5, 0.6) is 0 Å². The number of H-pyrrole nitrogens is 1. The molecule has 4 aromatic rings. The fraction of sp³-hybridized carbons (Fsp3) is 0.174. The Morgan fingerprint density at radius 2 is 1.86 bits per heavy atom. The molecule has 0 amide bonds. The molecule has 29 heavy (non-hydrogen) atoms. The fourth-order valence-corrected chi connectivity index (χ4v) is 3.27. The number of Topliss-reactive ketones (excluding diaryl/α,β-unsaturated/α-hetero) is 1. The minimum absolute atomic E-state index is 0.0196. The SMILES string of the molecule is Cc1cc(-c2ncc(CCC(=O)c3cc(-c4ccccn4)n[nH]3)cc2C)ccn1. The zero-order valence-corrected chi connectivity index (χ0v) is 16.4. The molecule has 0 radical (unpaired) electrons. The zero-order chi connectivity index (χ0) is 20.2. The average molecular weight is 383 g/mol. The van der Waals surface area contributed by atoms with E-state index in [0.717, 1.165) is 33.8 Å². The van der Waals surface area contributed by atoms with E-state index >= 15 is 0 Å². The van der Waals surface area contributed by atoms with E-state index in [2.05, 4.69) is 31.2 Å². The van der Waals surface area contributed by atoms with Gasteiger partial charge in [0.15, 0.2) is 5.78 Å². The highest BCUT2D eigenvalue weighted by molar-refractivity contribution is 5.95. The standard InChI is InChI=1S/C23H21N5O/c1-15-11-17(14-26-23(15)18-8-10-24-16(2)12-18)6-7-22(29)21-13-20(27-28-21)19-5-3-4-9-25-19/h3-5,8-14H,6-7H2,1-2H3,(H,27,28). The van der Waals surface area contributed by atoms with Crippen molar-refractivity contribution in [3.8, 4) is 22.6 Å². The summed E-state index contributed by atoms with van der Waals surface area (Å²) >= 11 is 0. The van der Waals surface area contributed by atoms with Crippen molar-refractivity contribution in [3.05, 3.63) is 83.6 Å². The Bertz CT molecular complexity index is 1150. The molecule has 6 nitrogen and oxygen atoms in total. The molecule has 6 heteroatoms. The van der Waals surface area contributed by atoms with E-state index in [-0.39, 0.29) is 5.78 Å². The number of pyridine rings is 3. The van der Waals surface area contributed by atoms with Crippen molar-refractivity contribution in [2.24, 2.45) is 0 Å². The van der Waals surface area contributed by atoms with Crippen LogP contribution in [0, 0.1) is 13.8 Å². The molecule has 0 spiro atoms. The van der Waals surface area contributed by atoms with Gasteiger partial charge in [0, 0.05) is 36.3 Å². The first kappa shape index (κ1) is 18.7. The van der Waals surface area contributed by atoms with Crippen molar-refractivity contribution < 1.29 is 4.79 Å². The topological polar surface area (TPSA) is 84.4 Å². The van der Waals surface area contributed by atoms with E-state index in [9.17, 15) is 4.79 Å². The van der Waals surface area contributed by atoms with Crippen molar-refractivity contribution in [1.82, 2.24) is 25.1 Å². The van der Waals surface area contributed by atoms with E-state index in [1.807, 2.05) is 50.4 Å². The number of carbonyl (C=O) groups excluding carboxylic acids is 1. The second kappa shape index (κ2) is 8.14. The number of nitrogens with one attached hydrogen (secondary N) is 1. The first-order valence-electron chi connectivity index (χ1n) is 9.49. The Balaban J connectivity index is 1.43. The number of nitrogens with zero attached hydrogens (tertiary/aromatic N) is 4. The molecular weight excluding hydrogens is 362 g/mol. The molecular formula is C23H21N5O. The van der Waals surface area contributed by atoms with Gasteiger partial charge in [0.1, 0.15) is 11.4 Å². The summed E-state index contributed by atoms with van der Waals surface area (Å²) in [6, 6.07) is 13.4. The van der Waals surface area contributed by atoms with E-state index in [1.54, 1.807) is 18.5 Å². The molecule has 4 heterocycles. The molecule has 0 unspecified atom stereocenters. The number of aryl methyl sites for hydroxylation is 3. The molecule has 0 aliphatic carbocycles. The molecule has 0 fully saturated rings. The summed E-state index contributed by atoms with van der Waals surface area (Å²) in [5.74, 6) is 0.0196. The van der Waals surface area contributed by atoms with Crippen LogP contribution in [-0.2, 0) is 6.42 Å². The van der Waals surface area contributed by atoms with Crippen LogP contribution in [0.15, 0.2) is 61.1 Å². The normalized spacial score (nSPS) is 10.8. The lowest BCUT2D eigenvalue weighted by atomic mass is 10.0. The van der Waals surface area contributed by atoms with E-state index in [0.29, 0.717) is 24.2 Å². The summed E-state index contributed by atoms with van der Waals surface area (Å²) in [6.07, 6.45) is 6.36. The smallest absolute Gasteiger partial charge is 0.180 e. The average Bonchev–Trinajstić information content (AvgIpc) is 3.23. The van der Waals surface area contributed by atoms with Crippen molar-refractivity contribution in [1.29, 1.82) is 0 Å². The first-order chi connectivity index (χ1) is 14.1. The molecule has 1 N–H and O–H groups in total. The van der Waals surface area contributed by atoms with Crippen molar-refractivity contribution >= 4 is 5.78 Å². The van der Waals surface area contributed by atoms with Gasteiger partial charge in [-0.05, 0) is 61.7 Å². The Morgan fingerprint density at radius 1 is 0.966 bits per heavy atom. The van der Waals surface area contributed by atoms with Crippen molar-refractivity contribution in [2.45, 2.75) is 26.7 Å². The minimum atomic E-state index is 0.0196. The van der Waals surface area contributed by atoms with Gasteiger partial charge in [-0.3, -0.25) is 24.8 Å². The van der Waals surface area contributed by atoms with Crippen LogP contribution in [0.2, 0.25) is 0 Å². The summed E-state index contributed by atoms with van der Waals surface area (Å²) in [5.41, 5.74) is 6.99. The largest absolute Gasteiger partial charge is 0.292 e. The second-order valence-corrected chi connectivity index (χ2v) is 7.00. The first-order valence-corrected chi connectivity index (χ1v) is 9.49. The maximum atomic E-state index is 12.6. The van der Waals surface area contributed by atoms with Crippen LogP contribution < -0.4 is 0 Å². The summed E-state index contributed by atoms with van der Waals surface area (Å²) in [4.78, 5) is 25.7. The van der Waals surface area contributed by atoms with Gasteiger partial charge >= 0.3 is 0 Å². The van der Waals surface area contributed by atoms with E-state index in [4.69, 9.17) is 0 Å². The third-order valence-electron chi connectivity index (χ3n) is 4.75. The number of aromatic amines is 1. The van der Waals surface area contributed by atoms with Crippen molar-refractivity contribution in [2.75, 3.05) is 0 Å². The Kier molecular flexibility index (Phi) is 5.24. The Labute approximate surface area is 169 Å². The third-order valence-corrected chi connectivity index (χ3v) is 4.75. The van der Waals surface area contributed by atoms with Gasteiger partial charge in [0.25, 0.3) is 0 Å². The second-order valence-electron chi connectivity index (χ2n) is 7.00. The minimum Gasteiger partial charge on any atom is -0.292 e. The number of ketones is 1. The summed E-state index contributed by atoms with van der Waals surface area (Å²) in [5, 5.41) is 7.03. The number of hydrogen-bond donors (Lipinski definition) is 1. The molecule has 0 saturated heterocycles. The zero-order valence-electron chi connectivity index (χ0n) is 16.4. The monoisotopic (exact) mass is 383 g/mol. The van der Waals surface area contributed by atoms with Gasteiger partial charge in [0.2, 0.25) is 0 Å². The summed E-state index contributed by atoms with van der Waals surface area (Å²) in [6.45, 7) is 4.00. The summed E-state index contributed by atoms with van der Waals surface area (Å²) in [7, 11) is 0. The number of hydrogen-bond acceptors (Lipinski definition) is 5. The van der Waals surface area contributed by atoms with Crippen LogP contribution in [-0.4, -0.2) is 30.9 Å². The highest BCUT2D eigenvalue weighted by atomic mass is 16.1. The summed E-state index contributed by atoms with van der Waals surface area (Å²) < 4.78 is 0. The predicted molar refractivity (Wildman–Crippen MR) is 111 cm³/mol. The van der Waals surface area contributed by atoms with Crippen molar-refractivity contribution in [3.63, 3.8) is 0 Å². The molecule has 0 bridgehead atoms. The molecule has 0 atom stereocenters. The fourth-order valence-electron chi connectivity index (χ4n) is 3.27. The number of aromatic nitrogens is 5. The molecule has 0 aliphatic heterocycles. The molecule has 0 aromatic carbocycles. The van der Waals surface area contributed by atoms with Crippen LogP contribution in [0.25, 0.3) is 22.6 Å². The van der Waals surface area contributed by atoms with Crippen LogP contribution in [0.1, 0.15) is 33.7 Å². The lowest BCUT2D eigenvalue weighted by Gasteiger charge is -2.08. The maximum Gasteiger partial charge on any atom is 0.180 e. The van der Waals surface area contributed by atoms with Crippen LogP contribution in [0.4, 0.5) is 0 Å². The van der Waals surface area contributed by atoms with Crippen LogP contribution >= 0.6 is 0 Å². The molecule has 4 aromatic heterocycles. The molecule has 0 saturated carbocycles. The molecule has 0 aliphatic rings. The van der Waals surface area contributed by atoms with Gasteiger partial charge in [-0.15, -0.1) is 0 Å². The van der Waals surface area contributed by atoms with Gasteiger partial charge < -0.3 is 0 Å². The highest BCUT2D eigenvalue weighted by Gasteiger charge is 2.13.